The van der Waals surface area contributed by atoms with Crippen LogP contribution in [-0.4, -0.2) is 96.7 Å². The molecule has 0 heterocycles. The van der Waals surface area contributed by atoms with Gasteiger partial charge in [-0.1, -0.05) is 363 Å². The van der Waals surface area contributed by atoms with Crippen molar-refractivity contribution in [1.82, 2.24) is 0 Å². The van der Waals surface area contributed by atoms with Crippen LogP contribution in [-0.2, 0) is 65.4 Å². The lowest BCUT2D eigenvalue weighted by Crippen LogP contribution is -2.30. The number of carbonyl (C=O) groups excluding carboxylic acids is 4. The van der Waals surface area contributed by atoms with Crippen LogP contribution in [0.3, 0.4) is 0 Å². The van der Waals surface area contributed by atoms with Crippen molar-refractivity contribution in [3.05, 3.63) is 0 Å². The summed E-state index contributed by atoms with van der Waals surface area (Å²) >= 11 is 0. The number of phosphoric ester groups is 2. The van der Waals surface area contributed by atoms with E-state index in [4.69, 9.17) is 37.0 Å². The second-order valence-corrected chi connectivity index (χ2v) is 32.9. The Hall–Kier alpha value is -1.94. The van der Waals surface area contributed by atoms with Crippen LogP contribution in [0.1, 0.15) is 414 Å². The molecular weight excluding hydrogens is 1290 g/mol. The molecular formula is C80H156O17P2. The lowest BCUT2D eigenvalue weighted by Gasteiger charge is -2.21. The van der Waals surface area contributed by atoms with E-state index in [-0.39, 0.29) is 25.7 Å². The Balaban J connectivity index is 5.23. The Bertz CT molecular complexity index is 1920. The maximum absolute atomic E-state index is 13.1. The summed E-state index contributed by atoms with van der Waals surface area (Å²) < 4.78 is 68.7. The van der Waals surface area contributed by atoms with E-state index in [1.54, 1.807) is 0 Å². The van der Waals surface area contributed by atoms with E-state index in [1.165, 1.54) is 225 Å². The van der Waals surface area contributed by atoms with Gasteiger partial charge in [0, 0.05) is 25.7 Å². The van der Waals surface area contributed by atoms with Crippen molar-refractivity contribution in [2.75, 3.05) is 39.6 Å². The van der Waals surface area contributed by atoms with Crippen molar-refractivity contribution in [3.63, 3.8) is 0 Å². The quantitative estimate of drug-likeness (QED) is 0.0222. The van der Waals surface area contributed by atoms with E-state index in [2.05, 4.69) is 48.5 Å². The van der Waals surface area contributed by atoms with Gasteiger partial charge in [-0.3, -0.25) is 37.3 Å². The standard InChI is InChI=1S/C80H156O17P2/c1-8-10-11-12-13-14-15-16-17-18-19-20-21-22-23-24-25-33-42-49-56-63-79(84)96-75(67-90-77(82)61-54-47-40-32-28-26-30-37-44-51-58-71(3)4)69-94-98(86,87)92-65-74(81)66-93-99(88,89)95-70-76(68-91-78(83)62-55-48-41-36-35-39-46-53-60-73(7)9-2)97-80(85)64-57-50-43-34-29-27-31-38-45-52-59-72(5)6/h71-76,81H,8-70H2,1-7H3,(H,86,87)(H,88,89)/t73?,74-,75-,76-/m1/s1. The van der Waals surface area contributed by atoms with Crippen LogP contribution in [0.4, 0.5) is 0 Å². The zero-order chi connectivity index (χ0) is 73.0. The highest BCUT2D eigenvalue weighted by Crippen LogP contribution is 2.45. The van der Waals surface area contributed by atoms with Crippen molar-refractivity contribution in [2.45, 2.75) is 433 Å². The highest BCUT2D eigenvalue weighted by atomic mass is 31.2. The van der Waals surface area contributed by atoms with E-state index < -0.39 is 97.5 Å². The summed E-state index contributed by atoms with van der Waals surface area (Å²) in [5, 5.41) is 10.6. The molecule has 0 saturated heterocycles. The SMILES string of the molecule is CCCCCCCCCCCCCCCCCCCCCCCC(=O)O[C@H](COC(=O)CCCCCCCCCCCCC(C)C)COP(=O)(O)OC[C@@H](O)COP(=O)(O)OC[C@@H](COC(=O)CCCCCCCCCCC(C)CC)OC(=O)CCCCCCCCCCCCC(C)C. The van der Waals surface area contributed by atoms with Crippen LogP contribution in [0.2, 0.25) is 0 Å². The maximum Gasteiger partial charge on any atom is 0.472 e. The summed E-state index contributed by atoms with van der Waals surface area (Å²) in [6.07, 6.45) is 58.3. The number of hydrogen-bond acceptors (Lipinski definition) is 15. The van der Waals surface area contributed by atoms with Gasteiger partial charge in [0.1, 0.15) is 19.3 Å². The number of aliphatic hydroxyl groups is 1. The Kier molecular flexibility index (Phi) is 69.0. The van der Waals surface area contributed by atoms with Crippen molar-refractivity contribution >= 4 is 39.5 Å². The summed E-state index contributed by atoms with van der Waals surface area (Å²) in [5.74, 6) is 0.174. The molecule has 17 nitrogen and oxygen atoms in total. The highest BCUT2D eigenvalue weighted by Gasteiger charge is 2.30. The predicted octanol–water partition coefficient (Wildman–Crippen LogP) is 23.7. The fraction of sp³-hybridized carbons (Fsp3) is 0.950. The third-order valence-corrected chi connectivity index (χ3v) is 20.9. The van der Waals surface area contributed by atoms with Gasteiger partial charge in [-0.2, -0.15) is 0 Å². The Morgan fingerprint density at radius 2 is 0.515 bits per heavy atom. The highest BCUT2D eigenvalue weighted by molar-refractivity contribution is 7.47. The van der Waals surface area contributed by atoms with Crippen molar-refractivity contribution in [1.29, 1.82) is 0 Å². The minimum Gasteiger partial charge on any atom is -0.462 e. The van der Waals surface area contributed by atoms with Crippen molar-refractivity contribution in [3.8, 4) is 0 Å². The summed E-state index contributed by atoms with van der Waals surface area (Å²) in [5.41, 5.74) is 0. The van der Waals surface area contributed by atoms with E-state index >= 15 is 0 Å². The van der Waals surface area contributed by atoms with Gasteiger partial charge < -0.3 is 33.8 Å². The number of carbonyl (C=O) groups is 4. The van der Waals surface area contributed by atoms with Gasteiger partial charge in [0.15, 0.2) is 12.2 Å². The first kappa shape index (κ1) is 97.1. The van der Waals surface area contributed by atoms with Gasteiger partial charge in [-0.05, 0) is 43.4 Å². The monoisotopic (exact) mass is 1450 g/mol. The molecule has 3 unspecified atom stereocenters. The molecule has 0 radical (unpaired) electrons. The third kappa shape index (κ3) is 72.8. The maximum atomic E-state index is 13.1. The average molecular weight is 1450 g/mol. The van der Waals surface area contributed by atoms with Gasteiger partial charge in [0.25, 0.3) is 0 Å². The molecule has 0 rings (SSSR count). The van der Waals surface area contributed by atoms with Gasteiger partial charge in [-0.15, -0.1) is 0 Å². The number of aliphatic hydroxyl groups excluding tert-OH is 1. The Labute approximate surface area is 607 Å². The summed E-state index contributed by atoms with van der Waals surface area (Å²) in [6.45, 7) is 11.9. The van der Waals surface area contributed by atoms with E-state index in [0.29, 0.717) is 25.7 Å². The molecule has 0 aliphatic rings. The van der Waals surface area contributed by atoms with Crippen LogP contribution in [0.15, 0.2) is 0 Å². The normalized spacial score (nSPS) is 14.3. The Morgan fingerprint density at radius 1 is 0.293 bits per heavy atom. The fourth-order valence-electron chi connectivity index (χ4n) is 12.3. The van der Waals surface area contributed by atoms with Gasteiger partial charge in [0.2, 0.25) is 0 Å². The number of hydrogen-bond donors (Lipinski definition) is 3. The first-order valence-corrected chi connectivity index (χ1v) is 44.4. The van der Waals surface area contributed by atoms with Crippen molar-refractivity contribution in [2.24, 2.45) is 17.8 Å². The zero-order valence-electron chi connectivity index (χ0n) is 65.0. The van der Waals surface area contributed by atoms with Crippen LogP contribution in [0.5, 0.6) is 0 Å². The topological polar surface area (TPSA) is 237 Å². The molecule has 19 heteroatoms. The molecule has 0 bridgehead atoms. The van der Waals surface area contributed by atoms with Gasteiger partial charge >= 0.3 is 39.5 Å². The average Bonchev–Trinajstić information content (AvgIpc) is 1.40. The molecule has 0 saturated carbocycles. The van der Waals surface area contributed by atoms with Crippen LogP contribution >= 0.6 is 15.6 Å². The van der Waals surface area contributed by atoms with Crippen LogP contribution in [0, 0.1) is 17.8 Å². The number of esters is 4. The molecule has 0 aromatic carbocycles. The van der Waals surface area contributed by atoms with E-state index in [0.717, 1.165) is 108 Å². The lowest BCUT2D eigenvalue weighted by molar-refractivity contribution is -0.161. The first-order chi connectivity index (χ1) is 47.8. The molecule has 0 spiro atoms. The molecule has 0 aliphatic heterocycles. The smallest absolute Gasteiger partial charge is 0.462 e. The summed E-state index contributed by atoms with van der Waals surface area (Å²) in [4.78, 5) is 73.0. The third-order valence-electron chi connectivity index (χ3n) is 19.0. The van der Waals surface area contributed by atoms with Crippen LogP contribution < -0.4 is 0 Å². The second-order valence-electron chi connectivity index (χ2n) is 30.0. The minimum absolute atomic E-state index is 0.105. The largest absolute Gasteiger partial charge is 0.472 e. The van der Waals surface area contributed by atoms with E-state index in [9.17, 15) is 43.2 Å². The molecule has 588 valence electrons. The molecule has 0 amide bonds. The molecule has 0 fully saturated rings. The number of rotatable bonds is 78. The minimum atomic E-state index is -4.96. The molecule has 3 N–H and O–H groups in total. The lowest BCUT2D eigenvalue weighted by atomic mass is 9.99. The van der Waals surface area contributed by atoms with Gasteiger partial charge in [-0.25, -0.2) is 9.13 Å². The predicted molar refractivity (Wildman–Crippen MR) is 405 cm³/mol. The Morgan fingerprint density at radius 3 is 0.768 bits per heavy atom. The summed E-state index contributed by atoms with van der Waals surface area (Å²) in [7, 11) is -9.92. The van der Waals surface area contributed by atoms with Crippen LogP contribution in [0.25, 0.3) is 0 Å². The second kappa shape index (κ2) is 70.4. The molecule has 6 atom stereocenters. The zero-order valence-corrected chi connectivity index (χ0v) is 66.8. The number of phosphoric acid groups is 2. The van der Waals surface area contributed by atoms with E-state index in [1.807, 2.05) is 0 Å². The molecule has 0 aromatic heterocycles. The number of ether oxygens (including phenoxy) is 4. The molecule has 0 aliphatic carbocycles. The first-order valence-electron chi connectivity index (χ1n) is 41.4. The summed E-state index contributed by atoms with van der Waals surface area (Å²) in [6, 6.07) is 0. The number of unbranched alkanes of at least 4 members (excludes halogenated alkanes) is 45. The van der Waals surface area contributed by atoms with Crippen molar-refractivity contribution < 1.29 is 80.2 Å². The van der Waals surface area contributed by atoms with Gasteiger partial charge in [0.05, 0.1) is 26.4 Å². The fourth-order valence-corrected chi connectivity index (χ4v) is 13.9. The molecule has 99 heavy (non-hydrogen) atoms. The molecule has 0 aromatic rings.